The Hall–Kier alpha value is -3.03. The Bertz CT molecular complexity index is 742. The molecule has 8 heteroatoms. The minimum absolute atomic E-state index is 0.0718. The van der Waals surface area contributed by atoms with Crippen molar-refractivity contribution in [1.29, 1.82) is 0 Å². The summed E-state index contributed by atoms with van der Waals surface area (Å²) < 4.78 is 10.0. The van der Waals surface area contributed by atoms with E-state index in [2.05, 4.69) is 22.7 Å². The molecule has 1 aromatic carbocycles. The van der Waals surface area contributed by atoms with E-state index in [1.807, 2.05) is 0 Å². The van der Waals surface area contributed by atoms with Gasteiger partial charge in [-0.25, -0.2) is 4.79 Å². The lowest BCUT2D eigenvalue weighted by molar-refractivity contribution is -0.116. The van der Waals surface area contributed by atoms with Crippen LogP contribution in [-0.2, 0) is 4.79 Å². The SMILES string of the molecule is CCCCCN(CC(=O)Nc1cc(C)on1)C(=O)Nc1ccc(OC)cc1. The highest BCUT2D eigenvalue weighted by Crippen LogP contribution is 2.16. The zero-order valence-corrected chi connectivity index (χ0v) is 15.9. The number of ether oxygens (including phenoxy) is 1. The van der Waals surface area contributed by atoms with Gasteiger partial charge in [-0.05, 0) is 37.6 Å². The number of aryl methyl sites for hydroxylation is 1. The van der Waals surface area contributed by atoms with Gasteiger partial charge in [0.15, 0.2) is 5.82 Å². The molecule has 8 nitrogen and oxygen atoms in total. The van der Waals surface area contributed by atoms with Crippen molar-refractivity contribution < 1.29 is 18.8 Å². The summed E-state index contributed by atoms with van der Waals surface area (Å²) in [6.45, 7) is 4.24. The molecule has 0 bridgehead atoms. The number of hydrogen-bond donors (Lipinski definition) is 2. The second-order valence-corrected chi connectivity index (χ2v) is 6.16. The topological polar surface area (TPSA) is 96.7 Å². The first kappa shape index (κ1) is 20.3. The number of methoxy groups -OCH3 is 1. The van der Waals surface area contributed by atoms with Gasteiger partial charge in [-0.1, -0.05) is 24.9 Å². The number of anilines is 2. The molecule has 0 aliphatic heterocycles. The fourth-order valence-electron chi connectivity index (χ4n) is 2.46. The number of hydrogen-bond acceptors (Lipinski definition) is 5. The van der Waals surface area contributed by atoms with E-state index in [9.17, 15) is 9.59 Å². The maximum Gasteiger partial charge on any atom is 0.322 e. The zero-order valence-electron chi connectivity index (χ0n) is 15.9. The van der Waals surface area contributed by atoms with Gasteiger partial charge in [0, 0.05) is 18.3 Å². The van der Waals surface area contributed by atoms with E-state index in [0.717, 1.165) is 19.3 Å². The summed E-state index contributed by atoms with van der Waals surface area (Å²) in [5.74, 6) is 1.31. The van der Waals surface area contributed by atoms with Crippen LogP contribution < -0.4 is 15.4 Å². The average Bonchev–Trinajstić information content (AvgIpc) is 3.06. The van der Waals surface area contributed by atoms with Crippen LogP contribution in [0, 0.1) is 6.92 Å². The van der Waals surface area contributed by atoms with Crippen LogP contribution in [0.1, 0.15) is 31.9 Å². The summed E-state index contributed by atoms with van der Waals surface area (Å²) >= 11 is 0. The molecule has 3 amide bonds. The Labute approximate surface area is 158 Å². The molecule has 146 valence electrons. The minimum Gasteiger partial charge on any atom is -0.497 e. The molecule has 0 atom stereocenters. The van der Waals surface area contributed by atoms with Crippen LogP contribution in [0.25, 0.3) is 0 Å². The van der Waals surface area contributed by atoms with Crippen molar-refractivity contribution in [3.05, 3.63) is 36.1 Å². The Balaban J connectivity index is 1.97. The zero-order chi connectivity index (χ0) is 19.6. The van der Waals surface area contributed by atoms with Crippen molar-refractivity contribution >= 4 is 23.4 Å². The second-order valence-electron chi connectivity index (χ2n) is 6.16. The largest absolute Gasteiger partial charge is 0.497 e. The van der Waals surface area contributed by atoms with Crippen molar-refractivity contribution in [3.8, 4) is 5.75 Å². The summed E-state index contributed by atoms with van der Waals surface area (Å²) in [4.78, 5) is 26.4. The van der Waals surface area contributed by atoms with Crippen LogP contribution in [0.15, 0.2) is 34.9 Å². The van der Waals surface area contributed by atoms with E-state index in [1.165, 1.54) is 4.90 Å². The predicted octanol–water partition coefficient (Wildman–Crippen LogP) is 3.65. The van der Waals surface area contributed by atoms with Gasteiger partial charge in [0.1, 0.15) is 18.1 Å². The third kappa shape index (κ3) is 6.65. The van der Waals surface area contributed by atoms with E-state index in [4.69, 9.17) is 9.26 Å². The van der Waals surface area contributed by atoms with Crippen molar-refractivity contribution in [1.82, 2.24) is 10.1 Å². The van der Waals surface area contributed by atoms with E-state index in [-0.39, 0.29) is 18.5 Å². The highest BCUT2D eigenvalue weighted by Gasteiger charge is 2.18. The molecule has 1 heterocycles. The van der Waals surface area contributed by atoms with Gasteiger partial charge >= 0.3 is 6.03 Å². The van der Waals surface area contributed by atoms with Crippen LogP contribution in [0.4, 0.5) is 16.3 Å². The normalized spacial score (nSPS) is 10.3. The Morgan fingerprint density at radius 2 is 1.93 bits per heavy atom. The smallest absolute Gasteiger partial charge is 0.322 e. The number of carbonyl (C=O) groups excluding carboxylic acids is 2. The van der Waals surface area contributed by atoms with Crippen LogP contribution in [-0.4, -0.2) is 42.2 Å². The fourth-order valence-corrected chi connectivity index (χ4v) is 2.46. The summed E-state index contributed by atoms with van der Waals surface area (Å²) in [7, 11) is 1.58. The van der Waals surface area contributed by atoms with Crippen molar-refractivity contribution in [2.45, 2.75) is 33.1 Å². The van der Waals surface area contributed by atoms with Crippen molar-refractivity contribution in [2.24, 2.45) is 0 Å². The number of benzene rings is 1. The fraction of sp³-hybridized carbons (Fsp3) is 0.421. The molecule has 27 heavy (non-hydrogen) atoms. The van der Waals surface area contributed by atoms with E-state index in [0.29, 0.717) is 29.6 Å². The molecule has 0 radical (unpaired) electrons. The average molecular weight is 374 g/mol. The highest BCUT2D eigenvalue weighted by molar-refractivity contribution is 5.96. The quantitative estimate of drug-likeness (QED) is 0.653. The van der Waals surface area contributed by atoms with Gasteiger partial charge in [0.25, 0.3) is 0 Å². The maximum atomic E-state index is 12.6. The summed E-state index contributed by atoms with van der Waals surface area (Å²) in [5.41, 5.74) is 0.633. The lowest BCUT2D eigenvalue weighted by atomic mass is 10.2. The molecular formula is C19H26N4O4. The summed E-state index contributed by atoms with van der Waals surface area (Å²) in [6, 6.07) is 8.31. The highest BCUT2D eigenvalue weighted by atomic mass is 16.5. The lowest BCUT2D eigenvalue weighted by Gasteiger charge is -2.22. The Kier molecular flexibility index (Phi) is 7.66. The third-order valence-corrected chi connectivity index (χ3v) is 3.89. The van der Waals surface area contributed by atoms with Gasteiger partial charge in [-0.2, -0.15) is 0 Å². The van der Waals surface area contributed by atoms with E-state index < -0.39 is 0 Å². The van der Waals surface area contributed by atoms with Gasteiger partial charge in [-0.15, -0.1) is 0 Å². The first-order valence-electron chi connectivity index (χ1n) is 8.95. The predicted molar refractivity (Wildman–Crippen MR) is 103 cm³/mol. The van der Waals surface area contributed by atoms with Gasteiger partial charge in [0.05, 0.1) is 7.11 Å². The van der Waals surface area contributed by atoms with Gasteiger partial charge in [-0.3, -0.25) is 4.79 Å². The Morgan fingerprint density at radius 1 is 1.19 bits per heavy atom. The number of nitrogens with zero attached hydrogens (tertiary/aromatic N) is 2. The second kappa shape index (κ2) is 10.2. The summed E-state index contributed by atoms with van der Waals surface area (Å²) in [5, 5.41) is 9.18. The molecule has 0 saturated carbocycles. The molecule has 0 saturated heterocycles. The standard InChI is InChI=1S/C19H26N4O4/c1-4-5-6-11-23(13-18(24)21-17-12-14(2)27-22-17)19(25)20-15-7-9-16(26-3)10-8-15/h7-10,12H,4-6,11,13H2,1-3H3,(H,20,25)(H,21,22,24). The first-order chi connectivity index (χ1) is 13.0. The number of nitrogens with one attached hydrogen (secondary N) is 2. The van der Waals surface area contributed by atoms with Crippen molar-refractivity contribution in [3.63, 3.8) is 0 Å². The van der Waals surface area contributed by atoms with Gasteiger partial charge in [0.2, 0.25) is 5.91 Å². The Morgan fingerprint density at radius 3 is 2.52 bits per heavy atom. The van der Waals surface area contributed by atoms with Gasteiger partial charge < -0.3 is 24.8 Å². The number of amides is 3. The molecule has 0 aliphatic carbocycles. The number of unbranched alkanes of at least 4 members (excludes halogenated alkanes) is 2. The molecule has 1 aromatic heterocycles. The molecule has 0 aliphatic rings. The number of aromatic nitrogens is 1. The molecule has 2 aromatic rings. The van der Waals surface area contributed by atoms with Crippen LogP contribution >= 0.6 is 0 Å². The minimum atomic E-state index is -0.331. The first-order valence-corrected chi connectivity index (χ1v) is 8.95. The molecule has 0 unspecified atom stereocenters. The number of rotatable bonds is 9. The van der Waals surface area contributed by atoms with Crippen LogP contribution in [0.2, 0.25) is 0 Å². The van der Waals surface area contributed by atoms with Crippen LogP contribution in [0.3, 0.4) is 0 Å². The molecule has 0 fully saturated rings. The van der Waals surface area contributed by atoms with Crippen LogP contribution in [0.5, 0.6) is 5.75 Å². The maximum absolute atomic E-state index is 12.6. The van der Waals surface area contributed by atoms with E-state index >= 15 is 0 Å². The molecular weight excluding hydrogens is 348 g/mol. The number of urea groups is 1. The third-order valence-electron chi connectivity index (χ3n) is 3.89. The monoisotopic (exact) mass is 374 g/mol. The molecule has 2 N–H and O–H groups in total. The summed E-state index contributed by atoms with van der Waals surface area (Å²) in [6.07, 6.45) is 2.83. The number of carbonyl (C=O) groups is 2. The lowest BCUT2D eigenvalue weighted by Crippen LogP contribution is -2.41. The van der Waals surface area contributed by atoms with Crippen molar-refractivity contribution in [2.75, 3.05) is 30.8 Å². The molecule has 0 spiro atoms. The molecule has 2 rings (SSSR count). The van der Waals surface area contributed by atoms with E-state index in [1.54, 1.807) is 44.4 Å².